The first-order valence-corrected chi connectivity index (χ1v) is 7.41. The van der Waals surface area contributed by atoms with Crippen LogP contribution in [0, 0.1) is 5.82 Å². The highest BCUT2D eigenvalue weighted by molar-refractivity contribution is 5.78. The molecule has 6 heteroatoms. The van der Waals surface area contributed by atoms with Gasteiger partial charge in [0.1, 0.15) is 23.0 Å². The summed E-state index contributed by atoms with van der Waals surface area (Å²) in [7, 11) is 5.31. The maximum atomic E-state index is 13.2. The van der Waals surface area contributed by atoms with Crippen LogP contribution in [-0.4, -0.2) is 36.4 Å². The van der Waals surface area contributed by atoms with Crippen LogP contribution in [0.4, 0.5) is 10.3 Å². The Hall–Kier alpha value is -3.02. The monoisotopic (exact) mass is 324 g/mol. The lowest BCUT2D eigenvalue weighted by atomic mass is 10.0. The summed E-state index contributed by atoms with van der Waals surface area (Å²) in [6.45, 7) is 0. The second-order valence-corrected chi connectivity index (χ2v) is 5.44. The quantitative estimate of drug-likeness (QED) is 0.736. The minimum atomic E-state index is -0.292. The average molecular weight is 324 g/mol. The summed E-state index contributed by atoms with van der Waals surface area (Å²) >= 11 is 0. The topological polar surface area (TPSA) is 51.1 Å². The van der Waals surface area contributed by atoms with Crippen LogP contribution >= 0.6 is 0 Å². The van der Waals surface area contributed by atoms with Gasteiger partial charge in [-0.3, -0.25) is 0 Å². The highest BCUT2D eigenvalue weighted by Gasteiger charge is 2.14. The largest absolute Gasteiger partial charge is 0.497 e. The first-order chi connectivity index (χ1) is 11.6. The Kier molecular flexibility index (Phi) is 4.37. The van der Waals surface area contributed by atoms with Crippen LogP contribution in [0.15, 0.2) is 48.5 Å². The Balaban J connectivity index is 2.15. The van der Waals surface area contributed by atoms with Crippen molar-refractivity contribution >= 4 is 5.95 Å². The van der Waals surface area contributed by atoms with Crippen molar-refractivity contribution in [1.82, 2.24) is 15.2 Å². The van der Waals surface area contributed by atoms with Gasteiger partial charge in [-0.25, -0.2) is 9.37 Å². The molecule has 122 valence electrons. The first-order valence-electron chi connectivity index (χ1n) is 7.41. The molecule has 0 amide bonds. The molecule has 0 N–H and O–H groups in total. The molecule has 0 spiro atoms. The molecule has 0 bridgehead atoms. The van der Waals surface area contributed by atoms with E-state index in [-0.39, 0.29) is 5.82 Å². The second-order valence-electron chi connectivity index (χ2n) is 5.44. The standard InChI is InChI=1S/C18H17FN4O/c1-23(2)18-20-16(12-4-8-14(19)9-5-12)17(21-22-18)13-6-10-15(24-3)11-7-13/h4-11H,1-3H3. The van der Waals surface area contributed by atoms with Gasteiger partial charge in [0.15, 0.2) is 0 Å². The maximum Gasteiger partial charge on any atom is 0.245 e. The van der Waals surface area contributed by atoms with Gasteiger partial charge in [0.2, 0.25) is 5.95 Å². The fourth-order valence-corrected chi connectivity index (χ4v) is 2.26. The Morgan fingerprint density at radius 3 is 2.00 bits per heavy atom. The number of hydrogen-bond acceptors (Lipinski definition) is 5. The lowest BCUT2D eigenvalue weighted by molar-refractivity contribution is 0.415. The number of halogens is 1. The Morgan fingerprint density at radius 2 is 1.42 bits per heavy atom. The van der Waals surface area contributed by atoms with Crippen LogP contribution < -0.4 is 9.64 Å². The molecule has 24 heavy (non-hydrogen) atoms. The van der Waals surface area contributed by atoms with E-state index in [1.165, 1.54) is 12.1 Å². The summed E-state index contributed by atoms with van der Waals surface area (Å²) in [5.74, 6) is 0.957. The molecule has 0 saturated heterocycles. The van der Waals surface area contributed by atoms with Crippen LogP contribution in [0.3, 0.4) is 0 Å². The van der Waals surface area contributed by atoms with Crippen molar-refractivity contribution in [2.75, 3.05) is 26.1 Å². The molecule has 2 aromatic carbocycles. The predicted molar refractivity (Wildman–Crippen MR) is 91.5 cm³/mol. The Labute approximate surface area is 139 Å². The normalized spacial score (nSPS) is 10.5. The van der Waals surface area contributed by atoms with E-state index < -0.39 is 0 Å². The van der Waals surface area contributed by atoms with Crippen molar-refractivity contribution in [3.05, 3.63) is 54.3 Å². The van der Waals surface area contributed by atoms with Crippen molar-refractivity contribution in [3.8, 4) is 28.3 Å². The molecule has 0 unspecified atom stereocenters. The molecule has 5 nitrogen and oxygen atoms in total. The summed E-state index contributed by atoms with van der Waals surface area (Å²) in [4.78, 5) is 6.37. The molecule has 0 aliphatic heterocycles. The first kappa shape index (κ1) is 15.9. The van der Waals surface area contributed by atoms with Gasteiger partial charge in [-0.2, -0.15) is 0 Å². The fraction of sp³-hybridized carbons (Fsp3) is 0.167. The molecule has 0 radical (unpaired) electrons. The molecule has 0 aliphatic carbocycles. The van der Waals surface area contributed by atoms with Crippen LogP contribution in [0.5, 0.6) is 5.75 Å². The third-order valence-electron chi connectivity index (χ3n) is 3.56. The van der Waals surface area contributed by atoms with Gasteiger partial charge in [-0.05, 0) is 48.5 Å². The number of rotatable bonds is 4. The van der Waals surface area contributed by atoms with Gasteiger partial charge in [-0.1, -0.05) is 0 Å². The van der Waals surface area contributed by atoms with Gasteiger partial charge >= 0.3 is 0 Å². The summed E-state index contributed by atoms with van der Waals surface area (Å²) in [5, 5.41) is 8.50. The number of aromatic nitrogens is 3. The van der Waals surface area contributed by atoms with Crippen LogP contribution in [0.2, 0.25) is 0 Å². The summed E-state index contributed by atoms with van der Waals surface area (Å²) in [5.41, 5.74) is 2.93. The number of ether oxygens (including phenoxy) is 1. The number of benzene rings is 2. The van der Waals surface area contributed by atoms with E-state index in [1.807, 2.05) is 38.4 Å². The molecule has 1 heterocycles. The molecule has 3 rings (SSSR count). The molecule has 0 atom stereocenters. The van der Waals surface area contributed by atoms with E-state index in [9.17, 15) is 4.39 Å². The molecular formula is C18H17FN4O. The average Bonchev–Trinajstić information content (AvgIpc) is 2.62. The molecular weight excluding hydrogens is 307 g/mol. The van der Waals surface area contributed by atoms with Gasteiger partial charge in [0.25, 0.3) is 0 Å². The lowest BCUT2D eigenvalue weighted by Crippen LogP contribution is -2.14. The van der Waals surface area contributed by atoms with Gasteiger partial charge < -0.3 is 9.64 Å². The van der Waals surface area contributed by atoms with Crippen LogP contribution in [0.25, 0.3) is 22.5 Å². The lowest BCUT2D eigenvalue weighted by Gasteiger charge is -2.13. The Morgan fingerprint density at radius 1 is 0.833 bits per heavy atom. The van der Waals surface area contributed by atoms with Gasteiger partial charge in [0, 0.05) is 25.2 Å². The highest BCUT2D eigenvalue weighted by atomic mass is 19.1. The highest BCUT2D eigenvalue weighted by Crippen LogP contribution is 2.30. The van der Waals surface area contributed by atoms with Crippen molar-refractivity contribution in [2.45, 2.75) is 0 Å². The Bertz CT molecular complexity index is 833. The van der Waals surface area contributed by atoms with Crippen molar-refractivity contribution in [1.29, 1.82) is 0 Å². The zero-order chi connectivity index (χ0) is 17.1. The van der Waals surface area contributed by atoms with E-state index in [0.717, 1.165) is 16.9 Å². The number of nitrogens with zero attached hydrogens (tertiary/aromatic N) is 4. The molecule has 0 fully saturated rings. The van der Waals surface area contributed by atoms with E-state index in [2.05, 4.69) is 15.2 Å². The van der Waals surface area contributed by atoms with E-state index in [0.29, 0.717) is 17.3 Å². The minimum absolute atomic E-state index is 0.292. The third-order valence-corrected chi connectivity index (χ3v) is 3.56. The van der Waals surface area contributed by atoms with E-state index in [1.54, 1.807) is 24.1 Å². The van der Waals surface area contributed by atoms with E-state index >= 15 is 0 Å². The second kappa shape index (κ2) is 6.62. The number of methoxy groups -OCH3 is 1. The summed E-state index contributed by atoms with van der Waals surface area (Å²) < 4.78 is 18.4. The maximum absolute atomic E-state index is 13.2. The predicted octanol–water partition coefficient (Wildman–Crippen LogP) is 3.42. The summed E-state index contributed by atoms with van der Waals surface area (Å²) in [6.07, 6.45) is 0. The van der Waals surface area contributed by atoms with Crippen molar-refractivity contribution in [3.63, 3.8) is 0 Å². The third kappa shape index (κ3) is 3.17. The number of anilines is 1. The summed E-state index contributed by atoms with van der Waals surface area (Å²) in [6, 6.07) is 13.7. The molecule has 0 saturated carbocycles. The van der Waals surface area contributed by atoms with Gasteiger partial charge in [0.05, 0.1) is 7.11 Å². The van der Waals surface area contributed by atoms with Gasteiger partial charge in [-0.15, -0.1) is 10.2 Å². The fourth-order valence-electron chi connectivity index (χ4n) is 2.26. The molecule has 0 aliphatic rings. The smallest absolute Gasteiger partial charge is 0.245 e. The molecule has 1 aromatic heterocycles. The molecule has 3 aromatic rings. The van der Waals surface area contributed by atoms with Crippen LogP contribution in [-0.2, 0) is 0 Å². The van der Waals surface area contributed by atoms with Crippen molar-refractivity contribution in [2.24, 2.45) is 0 Å². The minimum Gasteiger partial charge on any atom is -0.497 e. The zero-order valence-electron chi connectivity index (χ0n) is 13.7. The number of hydrogen-bond donors (Lipinski definition) is 0. The van der Waals surface area contributed by atoms with Crippen molar-refractivity contribution < 1.29 is 9.13 Å². The van der Waals surface area contributed by atoms with Crippen LogP contribution in [0.1, 0.15) is 0 Å². The van der Waals surface area contributed by atoms with E-state index in [4.69, 9.17) is 4.74 Å². The SMILES string of the molecule is COc1ccc(-c2nnc(N(C)C)nc2-c2ccc(F)cc2)cc1. The zero-order valence-corrected chi connectivity index (χ0v) is 13.7.